The van der Waals surface area contributed by atoms with Gasteiger partial charge in [-0.3, -0.25) is 24.1 Å². The van der Waals surface area contributed by atoms with Crippen molar-refractivity contribution in [3.63, 3.8) is 0 Å². The molecule has 1 aromatic heterocycles. The number of pyridine rings is 1. The third-order valence-electron chi connectivity index (χ3n) is 7.20. The van der Waals surface area contributed by atoms with Gasteiger partial charge in [-0.2, -0.15) is 0 Å². The van der Waals surface area contributed by atoms with Crippen molar-refractivity contribution in [2.45, 2.75) is 51.7 Å². The SMILES string of the molecule is C[C@@H]1C[C@@H](F)[C@H](C)N2CN1n1cc(C(=O)NCc3ccc(F)cc3F)c(=O)c(OCc3ccccc3)c1C2=O. The largest absolute Gasteiger partial charge is 0.482 e. The smallest absolute Gasteiger partial charge is 0.278 e. The summed E-state index contributed by atoms with van der Waals surface area (Å²) < 4.78 is 49.6. The van der Waals surface area contributed by atoms with Gasteiger partial charge in [-0.15, -0.1) is 0 Å². The summed E-state index contributed by atoms with van der Waals surface area (Å²) >= 11 is 0. The fourth-order valence-corrected chi connectivity index (χ4v) is 4.87. The number of nitrogens with one attached hydrogen (secondary N) is 1. The van der Waals surface area contributed by atoms with Crippen LogP contribution in [0.3, 0.4) is 0 Å². The van der Waals surface area contributed by atoms with Crippen LogP contribution in [0.25, 0.3) is 0 Å². The molecule has 0 spiro atoms. The summed E-state index contributed by atoms with van der Waals surface area (Å²) in [4.78, 5) is 41.8. The van der Waals surface area contributed by atoms with Gasteiger partial charge in [0.2, 0.25) is 5.43 Å². The minimum absolute atomic E-state index is 0.0262. The molecule has 204 valence electrons. The summed E-state index contributed by atoms with van der Waals surface area (Å²) in [5.41, 5.74) is -0.522. The predicted octanol–water partition coefficient (Wildman–Crippen LogP) is 3.51. The van der Waals surface area contributed by atoms with Gasteiger partial charge in [0.15, 0.2) is 11.4 Å². The van der Waals surface area contributed by atoms with Crippen LogP contribution in [0.15, 0.2) is 59.5 Å². The molecule has 3 aromatic rings. The highest BCUT2D eigenvalue weighted by Crippen LogP contribution is 2.31. The molecule has 2 aromatic carbocycles. The van der Waals surface area contributed by atoms with Crippen LogP contribution in [-0.2, 0) is 13.2 Å². The second kappa shape index (κ2) is 10.5. The number of fused-ring (bicyclic) bond motifs is 4. The van der Waals surface area contributed by atoms with Gasteiger partial charge >= 0.3 is 0 Å². The minimum Gasteiger partial charge on any atom is -0.482 e. The molecule has 2 bridgehead atoms. The molecule has 1 saturated heterocycles. The van der Waals surface area contributed by atoms with Crippen LogP contribution < -0.4 is 20.5 Å². The van der Waals surface area contributed by atoms with Crippen molar-refractivity contribution in [3.8, 4) is 5.75 Å². The summed E-state index contributed by atoms with van der Waals surface area (Å²) in [7, 11) is 0. The predicted molar refractivity (Wildman–Crippen MR) is 137 cm³/mol. The van der Waals surface area contributed by atoms with Crippen LogP contribution >= 0.6 is 0 Å². The van der Waals surface area contributed by atoms with Crippen molar-refractivity contribution in [1.29, 1.82) is 0 Å². The zero-order valence-electron chi connectivity index (χ0n) is 21.4. The van der Waals surface area contributed by atoms with E-state index in [9.17, 15) is 27.6 Å². The second-order valence-electron chi connectivity index (χ2n) is 9.78. The molecule has 2 aliphatic rings. The molecular formula is C28H27F3N4O4. The zero-order valence-corrected chi connectivity index (χ0v) is 21.4. The van der Waals surface area contributed by atoms with Gasteiger partial charge in [0, 0.05) is 36.8 Å². The molecule has 0 saturated carbocycles. The highest BCUT2D eigenvalue weighted by Gasteiger charge is 2.43. The molecule has 1 N–H and O–H groups in total. The fraction of sp³-hybridized carbons (Fsp3) is 0.321. The number of alkyl halides is 1. The third-order valence-corrected chi connectivity index (χ3v) is 7.20. The summed E-state index contributed by atoms with van der Waals surface area (Å²) in [6.07, 6.45) is 0.0677. The van der Waals surface area contributed by atoms with Crippen LogP contribution in [0.5, 0.6) is 5.75 Å². The highest BCUT2D eigenvalue weighted by molar-refractivity contribution is 5.99. The maximum atomic E-state index is 15.0. The number of amides is 2. The van der Waals surface area contributed by atoms with E-state index < -0.39 is 41.1 Å². The lowest BCUT2D eigenvalue weighted by molar-refractivity contribution is 0.0550. The molecular weight excluding hydrogens is 513 g/mol. The van der Waals surface area contributed by atoms with Gasteiger partial charge in [-0.1, -0.05) is 36.4 Å². The molecule has 5 rings (SSSR count). The first kappa shape index (κ1) is 26.3. The molecule has 0 aliphatic carbocycles. The number of ether oxygens (including phenoxy) is 1. The first-order valence-corrected chi connectivity index (χ1v) is 12.6. The van der Waals surface area contributed by atoms with Gasteiger partial charge in [-0.25, -0.2) is 13.2 Å². The summed E-state index contributed by atoms with van der Waals surface area (Å²) in [5, 5.41) is 4.19. The number of hydrogen-bond donors (Lipinski definition) is 1. The lowest BCUT2D eigenvalue weighted by Gasteiger charge is -2.42. The standard InChI is InChI=1S/C28H27F3N4O4/c1-16-10-22(30)17(2)33-15-35(16)34-13-21(27(37)32-12-19-8-9-20(29)11-23(19)31)25(36)26(24(34)28(33)38)39-14-18-6-4-3-5-7-18/h3-9,11,13,16-17,22H,10,12,14-15H2,1-2H3,(H,32,37)/t16-,17+,22-/m1/s1. The number of carbonyl (C=O) groups excluding carboxylic acids is 2. The molecule has 2 amide bonds. The van der Waals surface area contributed by atoms with Crippen molar-refractivity contribution >= 4 is 11.8 Å². The van der Waals surface area contributed by atoms with E-state index in [0.29, 0.717) is 6.07 Å². The Balaban J connectivity index is 1.57. The number of halogens is 3. The summed E-state index contributed by atoms with van der Waals surface area (Å²) in [5.74, 6) is -3.36. The Kier molecular flexibility index (Phi) is 7.07. The minimum atomic E-state index is -1.29. The lowest BCUT2D eigenvalue weighted by atomic mass is 10.1. The topological polar surface area (TPSA) is 83.9 Å². The Labute approximate surface area is 222 Å². The van der Waals surface area contributed by atoms with Crippen molar-refractivity contribution in [3.05, 3.63) is 99.0 Å². The van der Waals surface area contributed by atoms with Gasteiger partial charge in [-0.05, 0) is 25.5 Å². The van der Waals surface area contributed by atoms with Crippen LogP contribution in [-0.4, -0.2) is 46.3 Å². The Morgan fingerprint density at radius 1 is 1.10 bits per heavy atom. The van der Waals surface area contributed by atoms with Crippen LogP contribution in [0.4, 0.5) is 13.2 Å². The first-order valence-electron chi connectivity index (χ1n) is 12.6. The van der Waals surface area contributed by atoms with E-state index in [0.717, 1.165) is 11.6 Å². The average molecular weight is 541 g/mol. The maximum Gasteiger partial charge on any atom is 0.278 e. The number of benzene rings is 2. The van der Waals surface area contributed by atoms with E-state index in [1.165, 1.54) is 21.8 Å². The van der Waals surface area contributed by atoms with E-state index in [1.54, 1.807) is 43.1 Å². The molecule has 3 heterocycles. The summed E-state index contributed by atoms with van der Waals surface area (Å²) in [6, 6.07) is 10.8. The van der Waals surface area contributed by atoms with Crippen molar-refractivity contribution in [2.75, 3.05) is 11.7 Å². The molecule has 2 aliphatic heterocycles. The fourth-order valence-electron chi connectivity index (χ4n) is 4.87. The lowest BCUT2D eigenvalue weighted by Crippen LogP contribution is -2.57. The molecule has 11 heteroatoms. The molecule has 3 atom stereocenters. The van der Waals surface area contributed by atoms with Crippen molar-refractivity contribution in [2.24, 2.45) is 0 Å². The molecule has 39 heavy (non-hydrogen) atoms. The third kappa shape index (κ3) is 4.96. The first-order chi connectivity index (χ1) is 18.7. The number of nitrogens with zero attached hydrogens (tertiary/aromatic N) is 3. The van der Waals surface area contributed by atoms with Crippen molar-refractivity contribution in [1.82, 2.24) is 14.9 Å². The Bertz CT molecular complexity index is 1480. The van der Waals surface area contributed by atoms with E-state index in [2.05, 4.69) is 5.32 Å². The molecule has 0 radical (unpaired) electrons. The average Bonchev–Trinajstić information content (AvgIpc) is 3.01. The maximum absolute atomic E-state index is 15.0. The Hall–Kier alpha value is -4.28. The molecule has 8 nitrogen and oxygen atoms in total. The Morgan fingerprint density at radius 3 is 2.56 bits per heavy atom. The van der Waals surface area contributed by atoms with E-state index in [1.807, 2.05) is 6.07 Å². The van der Waals surface area contributed by atoms with E-state index in [4.69, 9.17) is 4.74 Å². The normalized spacial score (nSPS) is 20.3. The van der Waals surface area contributed by atoms with Crippen molar-refractivity contribution < 1.29 is 27.5 Å². The van der Waals surface area contributed by atoms with Crippen LogP contribution in [0, 0.1) is 11.6 Å². The van der Waals surface area contributed by atoms with E-state index >= 15 is 0 Å². The number of carbonyl (C=O) groups is 2. The molecule has 0 unspecified atom stereocenters. The van der Waals surface area contributed by atoms with Gasteiger partial charge < -0.3 is 15.0 Å². The van der Waals surface area contributed by atoms with Gasteiger partial charge in [0.05, 0.1) is 6.04 Å². The Morgan fingerprint density at radius 2 is 1.85 bits per heavy atom. The zero-order chi connectivity index (χ0) is 27.8. The van der Waals surface area contributed by atoms with Gasteiger partial charge in [0.1, 0.15) is 36.6 Å². The number of rotatable bonds is 6. The quantitative estimate of drug-likeness (QED) is 0.518. The van der Waals surface area contributed by atoms with E-state index in [-0.39, 0.29) is 54.9 Å². The summed E-state index contributed by atoms with van der Waals surface area (Å²) in [6.45, 7) is 3.10. The molecule has 1 fully saturated rings. The van der Waals surface area contributed by atoms with Crippen LogP contribution in [0.2, 0.25) is 0 Å². The monoisotopic (exact) mass is 540 g/mol. The van der Waals surface area contributed by atoms with Crippen LogP contribution in [0.1, 0.15) is 52.2 Å². The highest BCUT2D eigenvalue weighted by atomic mass is 19.1. The number of hydrogen-bond acceptors (Lipinski definition) is 5. The van der Waals surface area contributed by atoms with Gasteiger partial charge in [0.25, 0.3) is 11.8 Å². The second-order valence-corrected chi connectivity index (χ2v) is 9.78. The number of aromatic nitrogens is 1.